The van der Waals surface area contributed by atoms with Gasteiger partial charge in [-0.1, -0.05) is 12.1 Å². The third-order valence-electron chi connectivity index (χ3n) is 3.24. The maximum atomic E-state index is 13.0. The molecular formula is C16H19FN2. The highest BCUT2D eigenvalue weighted by Crippen LogP contribution is 2.28. The van der Waals surface area contributed by atoms with Crippen LogP contribution in [0, 0.1) is 12.7 Å². The number of hydrogen-bond acceptors (Lipinski definition) is 2. The van der Waals surface area contributed by atoms with Crippen molar-refractivity contribution in [2.75, 3.05) is 11.4 Å². The average molecular weight is 258 g/mol. The first-order valence-corrected chi connectivity index (χ1v) is 6.48. The molecular weight excluding hydrogens is 239 g/mol. The van der Waals surface area contributed by atoms with E-state index in [-0.39, 0.29) is 5.82 Å². The standard InChI is InChI=1S/C16H19FN2/c1-3-19(15-7-5-14(17)6-8-15)16-9-4-13(11-18)10-12(16)2/h4-10H,3,11,18H2,1-2H3. The minimum absolute atomic E-state index is 0.213. The van der Waals surface area contributed by atoms with Crippen LogP contribution in [0.25, 0.3) is 0 Å². The van der Waals surface area contributed by atoms with Crippen molar-refractivity contribution < 1.29 is 4.39 Å². The number of benzene rings is 2. The first kappa shape index (κ1) is 13.6. The van der Waals surface area contributed by atoms with Gasteiger partial charge in [-0.25, -0.2) is 4.39 Å². The summed E-state index contributed by atoms with van der Waals surface area (Å²) >= 11 is 0. The summed E-state index contributed by atoms with van der Waals surface area (Å²) in [5, 5.41) is 0. The van der Waals surface area contributed by atoms with Crippen molar-refractivity contribution in [2.45, 2.75) is 20.4 Å². The van der Waals surface area contributed by atoms with Crippen LogP contribution in [0.15, 0.2) is 42.5 Å². The summed E-state index contributed by atoms with van der Waals surface area (Å²) < 4.78 is 13.0. The zero-order valence-corrected chi connectivity index (χ0v) is 11.4. The van der Waals surface area contributed by atoms with Gasteiger partial charge in [-0.3, -0.25) is 0 Å². The van der Waals surface area contributed by atoms with E-state index in [1.54, 1.807) is 12.1 Å². The molecule has 0 saturated heterocycles. The lowest BCUT2D eigenvalue weighted by Gasteiger charge is -2.25. The Balaban J connectivity index is 2.39. The van der Waals surface area contributed by atoms with Gasteiger partial charge in [0.05, 0.1) is 0 Å². The first-order valence-electron chi connectivity index (χ1n) is 6.48. The van der Waals surface area contributed by atoms with Gasteiger partial charge in [0, 0.05) is 24.5 Å². The number of hydrogen-bond donors (Lipinski definition) is 1. The summed E-state index contributed by atoms with van der Waals surface area (Å²) in [6.07, 6.45) is 0. The monoisotopic (exact) mass is 258 g/mol. The predicted octanol–water partition coefficient (Wildman–Crippen LogP) is 3.75. The molecule has 100 valence electrons. The van der Waals surface area contributed by atoms with Crippen molar-refractivity contribution in [1.29, 1.82) is 0 Å². The van der Waals surface area contributed by atoms with E-state index in [4.69, 9.17) is 5.73 Å². The van der Waals surface area contributed by atoms with E-state index < -0.39 is 0 Å². The second-order valence-corrected chi connectivity index (χ2v) is 4.55. The highest BCUT2D eigenvalue weighted by Gasteiger charge is 2.10. The SMILES string of the molecule is CCN(c1ccc(F)cc1)c1ccc(CN)cc1C. The summed E-state index contributed by atoms with van der Waals surface area (Å²) in [5.74, 6) is -0.213. The third kappa shape index (κ3) is 2.93. The van der Waals surface area contributed by atoms with Gasteiger partial charge in [0.25, 0.3) is 0 Å². The molecule has 0 atom stereocenters. The number of nitrogens with zero attached hydrogens (tertiary/aromatic N) is 1. The molecule has 0 radical (unpaired) electrons. The second kappa shape index (κ2) is 5.85. The quantitative estimate of drug-likeness (QED) is 0.905. The molecule has 2 N–H and O–H groups in total. The van der Waals surface area contributed by atoms with Crippen LogP contribution in [-0.4, -0.2) is 6.54 Å². The van der Waals surface area contributed by atoms with Crippen LogP contribution in [-0.2, 0) is 6.54 Å². The van der Waals surface area contributed by atoms with Crippen LogP contribution in [0.3, 0.4) is 0 Å². The smallest absolute Gasteiger partial charge is 0.123 e. The minimum Gasteiger partial charge on any atom is -0.342 e. The van der Waals surface area contributed by atoms with Crippen LogP contribution in [0.5, 0.6) is 0 Å². The predicted molar refractivity (Wildman–Crippen MR) is 78.2 cm³/mol. The topological polar surface area (TPSA) is 29.3 Å². The van der Waals surface area contributed by atoms with E-state index in [2.05, 4.69) is 30.9 Å². The van der Waals surface area contributed by atoms with Crippen molar-refractivity contribution in [3.05, 3.63) is 59.4 Å². The van der Waals surface area contributed by atoms with E-state index in [1.807, 2.05) is 6.07 Å². The lowest BCUT2D eigenvalue weighted by molar-refractivity contribution is 0.628. The Morgan fingerprint density at radius 1 is 1.11 bits per heavy atom. The fourth-order valence-electron chi connectivity index (χ4n) is 2.26. The van der Waals surface area contributed by atoms with Gasteiger partial charge in [0.1, 0.15) is 5.82 Å². The minimum atomic E-state index is -0.213. The maximum absolute atomic E-state index is 13.0. The Morgan fingerprint density at radius 2 is 1.79 bits per heavy atom. The molecule has 0 saturated carbocycles. The van der Waals surface area contributed by atoms with Crippen LogP contribution in [0.1, 0.15) is 18.1 Å². The first-order chi connectivity index (χ1) is 9.15. The van der Waals surface area contributed by atoms with Crippen molar-refractivity contribution in [3.8, 4) is 0 Å². The lowest BCUT2D eigenvalue weighted by atomic mass is 10.1. The molecule has 2 aromatic rings. The Labute approximate surface area is 113 Å². The Bertz CT molecular complexity index is 549. The molecule has 0 aromatic heterocycles. The largest absolute Gasteiger partial charge is 0.342 e. The van der Waals surface area contributed by atoms with Gasteiger partial charge in [0.15, 0.2) is 0 Å². The molecule has 2 nitrogen and oxygen atoms in total. The highest BCUT2D eigenvalue weighted by atomic mass is 19.1. The number of anilines is 2. The van der Waals surface area contributed by atoms with Crippen LogP contribution >= 0.6 is 0 Å². The molecule has 19 heavy (non-hydrogen) atoms. The maximum Gasteiger partial charge on any atom is 0.123 e. The zero-order chi connectivity index (χ0) is 13.8. The number of aryl methyl sites for hydroxylation is 1. The summed E-state index contributed by atoms with van der Waals surface area (Å²) in [6, 6.07) is 12.8. The molecule has 0 aliphatic rings. The van der Waals surface area contributed by atoms with E-state index in [0.29, 0.717) is 6.54 Å². The van der Waals surface area contributed by atoms with Gasteiger partial charge < -0.3 is 10.6 Å². The van der Waals surface area contributed by atoms with Gasteiger partial charge in [-0.05, 0) is 55.3 Å². The molecule has 0 unspecified atom stereocenters. The number of halogens is 1. The molecule has 3 heteroatoms. The van der Waals surface area contributed by atoms with Crippen molar-refractivity contribution in [3.63, 3.8) is 0 Å². The average Bonchev–Trinajstić information content (AvgIpc) is 2.43. The molecule has 0 aliphatic carbocycles. The highest BCUT2D eigenvalue weighted by molar-refractivity contribution is 5.66. The molecule has 0 bridgehead atoms. The van der Waals surface area contributed by atoms with Crippen molar-refractivity contribution >= 4 is 11.4 Å². The number of nitrogens with two attached hydrogens (primary N) is 1. The second-order valence-electron chi connectivity index (χ2n) is 4.55. The molecule has 0 aliphatic heterocycles. The molecule has 2 rings (SSSR count). The van der Waals surface area contributed by atoms with Gasteiger partial charge in [-0.15, -0.1) is 0 Å². The van der Waals surface area contributed by atoms with Crippen LogP contribution in [0.2, 0.25) is 0 Å². The summed E-state index contributed by atoms with van der Waals surface area (Å²) in [4.78, 5) is 2.16. The van der Waals surface area contributed by atoms with Crippen molar-refractivity contribution in [2.24, 2.45) is 5.73 Å². The van der Waals surface area contributed by atoms with Crippen molar-refractivity contribution in [1.82, 2.24) is 0 Å². The van der Waals surface area contributed by atoms with E-state index >= 15 is 0 Å². The van der Waals surface area contributed by atoms with Gasteiger partial charge in [-0.2, -0.15) is 0 Å². The zero-order valence-electron chi connectivity index (χ0n) is 11.4. The fourth-order valence-corrected chi connectivity index (χ4v) is 2.26. The summed E-state index contributed by atoms with van der Waals surface area (Å²) in [5.41, 5.74) is 10.1. The van der Waals surface area contributed by atoms with E-state index in [1.165, 1.54) is 17.7 Å². The van der Waals surface area contributed by atoms with Crippen LogP contribution < -0.4 is 10.6 Å². The Kier molecular flexibility index (Phi) is 4.17. The lowest BCUT2D eigenvalue weighted by Crippen LogP contribution is -2.17. The molecule has 0 heterocycles. The van der Waals surface area contributed by atoms with E-state index in [0.717, 1.165) is 23.5 Å². The molecule has 0 spiro atoms. The summed E-state index contributed by atoms with van der Waals surface area (Å²) in [7, 11) is 0. The Morgan fingerprint density at radius 3 is 2.32 bits per heavy atom. The Hall–Kier alpha value is -1.87. The molecule has 2 aromatic carbocycles. The molecule has 0 fully saturated rings. The van der Waals surface area contributed by atoms with Crippen LogP contribution in [0.4, 0.5) is 15.8 Å². The number of rotatable bonds is 4. The fraction of sp³-hybridized carbons (Fsp3) is 0.250. The van der Waals surface area contributed by atoms with E-state index in [9.17, 15) is 4.39 Å². The van der Waals surface area contributed by atoms with Gasteiger partial charge in [0.2, 0.25) is 0 Å². The van der Waals surface area contributed by atoms with Gasteiger partial charge >= 0.3 is 0 Å². The molecule has 0 amide bonds. The summed E-state index contributed by atoms with van der Waals surface area (Å²) in [6.45, 7) is 5.53. The normalized spacial score (nSPS) is 10.5. The third-order valence-corrected chi connectivity index (χ3v) is 3.24.